The van der Waals surface area contributed by atoms with Crippen LogP contribution in [0, 0.1) is 5.92 Å². The molecule has 1 atom stereocenters. The van der Waals surface area contributed by atoms with E-state index in [1.165, 1.54) is 17.7 Å². The number of halogens is 3. The third-order valence-electron chi connectivity index (χ3n) is 5.94. The van der Waals surface area contributed by atoms with Crippen molar-refractivity contribution in [2.45, 2.75) is 63.1 Å². The summed E-state index contributed by atoms with van der Waals surface area (Å²) in [7, 11) is 0. The van der Waals surface area contributed by atoms with Crippen molar-refractivity contribution in [3.8, 4) is 0 Å². The van der Waals surface area contributed by atoms with Crippen molar-refractivity contribution in [1.29, 1.82) is 0 Å². The minimum atomic E-state index is -4.21. The molecule has 1 saturated carbocycles. The third kappa shape index (κ3) is 4.88. The van der Waals surface area contributed by atoms with Crippen molar-refractivity contribution in [2.75, 3.05) is 39.3 Å². The van der Waals surface area contributed by atoms with E-state index in [9.17, 15) is 18.0 Å². The first kappa shape index (κ1) is 19.0. The summed E-state index contributed by atoms with van der Waals surface area (Å²) in [6.07, 6.45) is 3.18. The molecule has 1 aliphatic carbocycles. The number of morpholine rings is 1. The molecule has 4 nitrogen and oxygen atoms in total. The minimum Gasteiger partial charge on any atom is -0.372 e. The van der Waals surface area contributed by atoms with Crippen molar-refractivity contribution in [3.05, 3.63) is 0 Å². The van der Waals surface area contributed by atoms with Crippen LogP contribution in [0.15, 0.2) is 0 Å². The fraction of sp³-hybridized carbons (Fsp3) is 0.944. The molecule has 0 aromatic heterocycles. The zero-order valence-corrected chi connectivity index (χ0v) is 14.8. The van der Waals surface area contributed by atoms with Crippen LogP contribution in [0.5, 0.6) is 0 Å². The molecular weight excluding hydrogens is 333 g/mol. The smallest absolute Gasteiger partial charge is 0.372 e. The molecule has 7 heteroatoms. The molecule has 0 radical (unpaired) electrons. The van der Waals surface area contributed by atoms with E-state index < -0.39 is 12.1 Å². The molecule has 1 spiro atoms. The van der Waals surface area contributed by atoms with Crippen molar-refractivity contribution in [3.63, 3.8) is 0 Å². The average Bonchev–Trinajstić information content (AvgIpc) is 2.80. The lowest BCUT2D eigenvalue weighted by Gasteiger charge is -2.43. The number of hydrogen-bond donors (Lipinski definition) is 0. The molecule has 0 N–H and O–H groups in total. The molecular formula is C18H29F3N2O2. The van der Waals surface area contributed by atoms with Gasteiger partial charge < -0.3 is 9.64 Å². The predicted octanol–water partition coefficient (Wildman–Crippen LogP) is 3.21. The van der Waals surface area contributed by atoms with Gasteiger partial charge in [0.2, 0.25) is 5.91 Å². The minimum absolute atomic E-state index is 0.133. The molecule has 0 aromatic rings. The molecule has 2 aliphatic heterocycles. The number of likely N-dealkylation sites (tertiary alicyclic amines) is 1. The number of carbonyl (C=O) groups is 1. The summed E-state index contributed by atoms with van der Waals surface area (Å²) in [5.74, 6) is -1.54. The van der Waals surface area contributed by atoms with E-state index in [4.69, 9.17) is 4.74 Å². The Morgan fingerprint density at radius 1 is 1.08 bits per heavy atom. The summed E-state index contributed by atoms with van der Waals surface area (Å²) in [5.41, 5.74) is -0.147. The van der Waals surface area contributed by atoms with E-state index in [0.717, 1.165) is 32.2 Å². The molecule has 1 unspecified atom stereocenters. The highest BCUT2D eigenvalue weighted by molar-refractivity contribution is 5.78. The molecule has 0 bridgehead atoms. The second-order valence-electron chi connectivity index (χ2n) is 7.88. The molecule has 144 valence electrons. The highest BCUT2D eigenvalue weighted by Gasteiger charge is 2.43. The van der Waals surface area contributed by atoms with Gasteiger partial charge in [-0.25, -0.2) is 0 Å². The Balaban J connectivity index is 1.55. The van der Waals surface area contributed by atoms with Crippen LogP contribution in [0.4, 0.5) is 13.2 Å². The summed E-state index contributed by atoms with van der Waals surface area (Å²) >= 11 is 0. The van der Waals surface area contributed by atoms with Crippen molar-refractivity contribution < 1.29 is 22.7 Å². The number of amides is 1. The zero-order chi connectivity index (χ0) is 17.9. The van der Waals surface area contributed by atoms with Crippen LogP contribution < -0.4 is 0 Å². The van der Waals surface area contributed by atoms with Crippen molar-refractivity contribution >= 4 is 5.91 Å². The third-order valence-corrected chi connectivity index (χ3v) is 5.94. The van der Waals surface area contributed by atoms with Crippen LogP contribution >= 0.6 is 0 Å². The Kier molecular flexibility index (Phi) is 5.93. The first-order valence-corrected chi connectivity index (χ1v) is 9.59. The highest BCUT2D eigenvalue weighted by atomic mass is 19.4. The summed E-state index contributed by atoms with van der Waals surface area (Å²) in [5, 5.41) is 0. The van der Waals surface area contributed by atoms with Crippen molar-refractivity contribution in [1.82, 2.24) is 9.80 Å². The van der Waals surface area contributed by atoms with Gasteiger partial charge in [0.15, 0.2) is 0 Å². The number of nitrogens with zero attached hydrogens (tertiary/aromatic N) is 2. The SMILES string of the molecule is O=C(CN1CCOC2(CCCCCC2)C1)N1CCCC(C(F)(F)F)C1. The van der Waals surface area contributed by atoms with Crippen LogP contribution in [0.1, 0.15) is 51.4 Å². The van der Waals surface area contributed by atoms with Crippen LogP contribution in [0.25, 0.3) is 0 Å². The molecule has 2 heterocycles. The van der Waals surface area contributed by atoms with Crippen LogP contribution in [0.3, 0.4) is 0 Å². The average molecular weight is 362 g/mol. The Morgan fingerprint density at radius 3 is 2.48 bits per heavy atom. The number of piperidine rings is 1. The molecule has 3 rings (SSSR count). The summed E-state index contributed by atoms with van der Waals surface area (Å²) in [6, 6.07) is 0. The monoisotopic (exact) mass is 362 g/mol. The number of alkyl halides is 3. The van der Waals surface area contributed by atoms with E-state index in [1.807, 2.05) is 0 Å². The van der Waals surface area contributed by atoms with Gasteiger partial charge in [0.05, 0.1) is 24.7 Å². The number of hydrogen-bond acceptors (Lipinski definition) is 3. The second kappa shape index (κ2) is 7.82. The van der Waals surface area contributed by atoms with Gasteiger partial charge in [-0.1, -0.05) is 25.7 Å². The van der Waals surface area contributed by atoms with Crippen LogP contribution in [-0.2, 0) is 9.53 Å². The lowest BCUT2D eigenvalue weighted by Crippen LogP contribution is -2.55. The van der Waals surface area contributed by atoms with Gasteiger partial charge in [-0.05, 0) is 25.7 Å². The van der Waals surface area contributed by atoms with Gasteiger partial charge in [0.1, 0.15) is 0 Å². The topological polar surface area (TPSA) is 32.8 Å². The van der Waals surface area contributed by atoms with E-state index in [0.29, 0.717) is 26.1 Å². The van der Waals surface area contributed by atoms with Gasteiger partial charge in [0.25, 0.3) is 0 Å². The number of ether oxygens (including phenoxy) is 1. The predicted molar refractivity (Wildman–Crippen MR) is 88.2 cm³/mol. The fourth-order valence-corrected chi connectivity index (χ4v) is 4.50. The first-order chi connectivity index (χ1) is 11.9. The second-order valence-corrected chi connectivity index (χ2v) is 7.88. The van der Waals surface area contributed by atoms with E-state index in [2.05, 4.69) is 4.90 Å². The molecule has 1 amide bonds. The number of rotatable bonds is 2. The molecule has 0 aromatic carbocycles. The Bertz CT molecular complexity index is 462. The van der Waals surface area contributed by atoms with Gasteiger partial charge >= 0.3 is 6.18 Å². The lowest BCUT2D eigenvalue weighted by atomic mass is 9.92. The van der Waals surface area contributed by atoms with E-state index >= 15 is 0 Å². The molecule has 3 fully saturated rings. The first-order valence-electron chi connectivity index (χ1n) is 9.59. The number of carbonyl (C=O) groups excluding carboxylic acids is 1. The Hall–Kier alpha value is -0.820. The van der Waals surface area contributed by atoms with Gasteiger partial charge in [-0.3, -0.25) is 9.69 Å². The molecule has 3 aliphatic rings. The summed E-state index contributed by atoms with van der Waals surface area (Å²) in [6.45, 7) is 2.51. The summed E-state index contributed by atoms with van der Waals surface area (Å²) in [4.78, 5) is 16.1. The van der Waals surface area contributed by atoms with Gasteiger partial charge in [-0.15, -0.1) is 0 Å². The largest absolute Gasteiger partial charge is 0.393 e. The molecule has 2 saturated heterocycles. The van der Waals surface area contributed by atoms with E-state index in [-0.39, 0.29) is 31.0 Å². The van der Waals surface area contributed by atoms with Crippen LogP contribution in [0.2, 0.25) is 0 Å². The maximum Gasteiger partial charge on any atom is 0.393 e. The standard InChI is InChI=1S/C18H29F3N2O2/c19-18(20,21)15-6-5-9-23(12-15)16(24)13-22-10-11-25-17(14-22)7-3-1-2-4-8-17/h15H,1-14H2. The maximum atomic E-state index is 12.9. The highest BCUT2D eigenvalue weighted by Crippen LogP contribution is 2.34. The normalized spacial score (nSPS) is 28.8. The van der Waals surface area contributed by atoms with Gasteiger partial charge in [-0.2, -0.15) is 13.2 Å². The van der Waals surface area contributed by atoms with E-state index in [1.54, 1.807) is 0 Å². The van der Waals surface area contributed by atoms with Crippen molar-refractivity contribution in [2.24, 2.45) is 5.92 Å². The van der Waals surface area contributed by atoms with Gasteiger partial charge in [0, 0.05) is 26.2 Å². The summed E-state index contributed by atoms with van der Waals surface area (Å²) < 4.78 is 44.9. The maximum absolute atomic E-state index is 12.9. The van der Waals surface area contributed by atoms with Crippen LogP contribution in [-0.4, -0.2) is 66.8 Å². The zero-order valence-electron chi connectivity index (χ0n) is 14.8. The Morgan fingerprint density at radius 2 is 1.80 bits per heavy atom. The quantitative estimate of drug-likeness (QED) is 0.756. The fourth-order valence-electron chi connectivity index (χ4n) is 4.50. The Labute approximate surface area is 147 Å². The molecule has 25 heavy (non-hydrogen) atoms. The lowest BCUT2D eigenvalue weighted by molar-refractivity contribution is -0.188.